The van der Waals surface area contributed by atoms with Crippen LogP contribution in [-0.4, -0.2) is 51.9 Å². The van der Waals surface area contributed by atoms with Gasteiger partial charge in [0, 0.05) is 24.3 Å². The molecular weight excluding hydrogens is 392 g/mol. The zero-order valence-corrected chi connectivity index (χ0v) is 17.4. The summed E-state index contributed by atoms with van der Waals surface area (Å²) in [5.41, 5.74) is 2.36. The van der Waals surface area contributed by atoms with Gasteiger partial charge in [-0.1, -0.05) is 12.1 Å². The summed E-state index contributed by atoms with van der Waals surface area (Å²) in [7, 11) is -2.17. The Morgan fingerprint density at radius 1 is 1.17 bits per heavy atom. The topological polar surface area (TPSA) is 110 Å². The van der Waals surface area contributed by atoms with Crippen molar-refractivity contribution in [3.05, 3.63) is 59.9 Å². The molecule has 10 heteroatoms. The number of hydrogen-bond donors (Lipinski definition) is 1. The van der Waals surface area contributed by atoms with E-state index in [1.807, 2.05) is 19.1 Å². The SMILES string of the molecule is Cc1ccc(-n2cnnn2)cc1NC(=O)c1cccc(S(=O)(=O)N(C)C(C)C)c1. The third kappa shape index (κ3) is 4.33. The molecule has 3 aromatic rings. The van der Waals surface area contributed by atoms with E-state index in [0.717, 1.165) is 5.56 Å². The first-order valence-electron chi connectivity index (χ1n) is 8.93. The first-order valence-corrected chi connectivity index (χ1v) is 10.4. The number of nitrogens with one attached hydrogen (secondary N) is 1. The second kappa shape index (κ2) is 8.10. The molecule has 0 radical (unpaired) electrons. The van der Waals surface area contributed by atoms with Gasteiger partial charge >= 0.3 is 0 Å². The predicted molar refractivity (Wildman–Crippen MR) is 108 cm³/mol. The predicted octanol–water partition coefficient (Wildman–Crippen LogP) is 2.25. The molecule has 0 bridgehead atoms. The number of anilines is 1. The van der Waals surface area contributed by atoms with Gasteiger partial charge in [0.15, 0.2) is 0 Å². The van der Waals surface area contributed by atoms with Gasteiger partial charge in [-0.15, -0.1) is 5.10 Å². The average Bonchev–Trinajstić information content (AvgIpc) is 3.23. The number of benzene rings is 2. The van der Waals surface area contributed by atoms with E-state index in [2.05, 4.69) is 20.8 Å². The van der Waals surface area contributed by atoms with Crippen LogP contribution >= 0.6 is 0 Å². The minimum Gasteiger partial charge on any atom is -0.322 e. The number of carbonyl (C=O) groups excluding carboxylic acids is 1. The van der Waals surface area contributed by atoms with E-state index in [1.54, 1.807) is 32.0 Å². The van der Waals surface area contributed by atoms with Crippen LogP contribution in [0.15, 0.2) is 53.7 Å². The minimum absolute atomic E-state index is 0.0699. The van der Waals surface area contributed by atoms with E-state index in [-0.39, 0.29) is 16.5 Å². The van der Waals surface area contributed by atoms with Crippen LogP contribution in [0.2, 0.25) is 0 Å². The Labute approximate surface area is 169 Å². The van der Waals surface area contributed by atoms with Crippen molar-refractivity contribution in [1.82, 2.24) is 24.5 Å². The summed E-state index contributed by atoms with van der Waals surface area (Å²) in [6.45, 7) is 5.43. The molecule has 0 aliphatic heterocycles. The van der Waals surface area contributed by atoms with E-state index in [9.17, 15) is 13.2 Å². The zero-order chi connectivity index (χ0) is 21.2. The summed E-state index contributed by atoms with van der Waals surface area (Å²) in [6, 6.07) is 11.2. The molecule has 152 valence electrons. The molecule has 0 saturated heterocycles. The van der Waals surface area contributed by atoms with Crippen LogP contribution in [0.5, 0.6) is 0 Å². The standard InChI is InChI=1S/C19H22N6O3S/c1-13(2)24(4)29(27,28)17-7-5-6-15(10-17)19(26)21-18-11-16(9-8-14(18)3)25-12-20-22-23-25/h5-13H,1-4H3,(H,21,26). The van der Waals surface area contributed by atoms with Crippen LogP contribution in [0.3, 0.4) is 0 Å². The number of aromatic nitrogens is 4. The molecule has 1 aromatic heterocycles. The lowest BCUT2D eigenvalue weighted by Crippen LogP contribution is -2.33. The van der Waals surface area contributed by atoms with Crippen molar-refractivity contribution in [3.63, 3.8) is 0 Å². The Balaban J connectivity index is 1.88. The van der Waals surface area contributed by atoms with Crippen molar-refractivity contribution in [2.75, 3.05) is 12.4 Å². The fourth-order valence-corrected chi connectivity index (χ4v) is 4.02. The smallest absolute Gasteiger partial charge is 0.255 e. The molecule has 1 N–H and O–H groups in total. The summed E-state index contributed by atoms with van der Waals surface area (Å²) in [5.74, 6) is -0.411. The van der Waals surface area contributed by atoms with Gasteiger partial charge in [0.1, 0.15) is 6.33 Å². The Kier molecular flexibility index (Phi) is 5.76. The number of tetrazole rings is 1. The summed E-state index contributed by atoms with van der Waals surface area (Å²) in [6.07, 6.45) is 1.45. The maximum absolute atomic E-state index is 12.8. The van der Waals surface area contributed by atoms with Crippen LogP contribution in [-0.2, 0) is 10.0 Å². The highest BCUT2D eigenvalue weighted by Gasteiger charge is 2.24. The van der Waals surface area contributed by atoms with E-state index in [1.165, 1.54) is 34.5 Å². The normalized spacial score (nSPS) is 11.8. The Morgan fingerprint density at radius 3 is 2.59 bits per heavy atom. The molecule has 9 nitrogen and oxygen atoms in total. The molecule has 0 aliphatic carbocycles. The van der Waals surface area contributed by atoms with Crippen LogP contribution in [0.1, 0.15) is 29.8 Å². The largest absolute Gasteiger partial charge is 0.322 e. The van der Waals surface area contributed by atoms with Crippen LogP contribution < -0.4 is 5.32 Å². The summed E-state index contributed by atoms with van der Waals surface area (Å²) >= 11 is 0. The van der Waals surface area contributed by atoms with E-state index in [0.29, 0.717) is 11.4 Å². The lowest BCUT2D eigenvalue weighted by atomic mass is 10.1. The second-order valence-corrected chi connectivity index (χ2v) is 8.85. The first-order chi connectivity index (χ1) is 13.7. The fourth-order valence-electron chi connectivity index (χ4n) is 2.60. The van der Waals surface area contributed by atoms with Gasteiger partial charge in [-0.3, -0.25) is 4.79 Å². The van der Waals surface area contributed by atoms with E-state index >= 15 is 0 Å². The molecule has 1 heterocycles. The lowest BCUT2D eigenvalue weighted by Gasteiger charge is -2.21. The number of hydrogen-bond acceptors (Lipinski definition) is 6. The van der Waals surface area contributed by atoms with Crippen LogP contribution in [0, 0.1) is 6.92 Å². The molecular formula is C19H22N6O3S. The number of aryl methyl sites for hydroxylation is 1. The number of amides is 1. The summed E-state index contributed by atoms with van der Waals surface area (Å²) in [5, 5.41) is 13.9. The summed E-state index contributed by atoms with van der Waals surface area (Å²) < 4.78 is 28.2. The highest BCUT2D eigenvalue weighted by atomic mass is 32.2. The Morgan fingerprint density at radius 2 is 1.93 bits per heavy atom. The van der Waals surface area contributed by atoms with Gasteiger partial charge < -0.3 is 5.32 Å². The molecule has 2 aromatic carbocycles. The van der Waals surface area contributed by atoms with E-state index < -0.39 is 15.9 Å². The Bertz CT molecular complexity index is 1130. The highest BCUT2D eigenvalue weighted by Crippen LogP contribution is 2.22. The van der Waals surface area contributed by atoms with E-state index in [4.69, 9.17) is 0 Å². The van der Waals surface area contributed by atoms with Crippen molar-refractivity contribution in [2.24, 2.45) is 0 Å². The molecule has 0 unspecified atom stereocenters. The quantitative estimate of drug-likeness (QED) is 0.662. The summed E-state index contributed by atoms with van der Waals surface area (Å²) in [4.78, 5) is 12.9. The molecule has 0 saturated carbocycles. The van der Waals surface area contributed by atoms with Crippen molar-refractivity contribution in [3.8, 4) is 5.69 Å². The van der Waals surface area contributed by atoms with Crippen molar-refractivity contribution >= 4 is 21.6 Å². The average molecular weight is 414 g/mol. The van der Waals surface area contributed by atoms with Gasteiger partial charge in [-0.25, -0.2) is 13.1 Å². The third-order valence-electron chi connectivity index (χ3n) is 4.58. The third-order valence-corrected chi connectivity index (χ3v) is 6.61. The van der Waals surface area contributed by atoms with Crippen LogP contribution in [0.4, 0.5) is 5.69 Å². The Hall–Kier alpha value is -3.11. The number of sulfonamides is 1. The lowest BCUT2D eigenvalue weighted by molar-refractivity contribution is 0.102. The number of carbonyl (C=O) groups is 1. The minimum atomic E-state index is -3.68. The maximum atomic E-state index is 12.8. The van der Waals surface area contributed by atoms with Crippen molar-refractivity contribution in [1.29, 1.82) is 0 Å². The van der Waals surface area contributed by atoms with Gasteiger partial charge in [-0.2, -0.15) is 4.31 Å². The molecule has 1 amide bonds. The highest BCUT2D eigenvalue weighted by molar-refractivity contribution is 7.89. The molecule has 0 fully saturated rings. The van der Waals surface area contributed by atoms with Crippen molar-refractivity contribution < 1.29 is 13.2 Å². The monoisotopic (exact) mass is 414 g/mol. The molecule has 0 aliphatic rings. The molecule has 0 atom stereocenters. The maximum Gasteiger partial charge on any atom is 0.255 e. The van der Waals surface area contributed by atoms with Crippen LogP contribution in [0.25, 0.3) is 5.69 Å². The van der Waals surface area contributed by atoms with Gasteiger partial charge in [0.05, 0.1) is 10.6 Å². The fraction of sp³-hybridized carbons (Fsp3) is 0.263. The van der Waals surface area contributed by atoms with Gasteiger partial charge in [0.2, 0.25) is 10.0 Å². The first kappa shape index (κ1) is 20.6. The molecule has 29 heavy (non-hydrogen) atoms. The van der Waals surface area contributed by atoms with Gasteiger partial charge in [-0.05, 0) is 67.1 Å². The van der Waals surface area contributed by atoms with Crippen molar-refractivity contribution in [2.45, 2.75) is 31.7 Å². The zero-order valence-electron chi connectivity index (χ0n) is 16.6. The second-order valence-electron chi connectivity index (χ2n) is 6.85. The molecule has 0 spiro atoms. The molecule has 3 rings (SSSR count). The number of rotatable bonds is 6. The number of nitrogens with zero attached hydrogens (tertiary/aromatic N) is 5. The van der Waals surface area contributed by atoms with Gasteiger partial charge in [0.25, 0.3) is 5.91 Å².